The van der Waals surface area contributed by atoms with Gasteiger partial charge in [0.25, 0.3) is 0 Å². The molecule has 2 rings (SSSR count). The molecular weight excluding hydrogens is 314 g/mol. The van der Waals surface area contributed by atoms with Crippen molar-refractivity contribution in [2.45, 2.75) is 4.90 Å². The van der Waals surface area contributed by atoms with Crippen molar-refractivity contribution in [3.63, 3.8) is 0 Å². The van der Waals surface area contributed by atoms with Crippen LogP contribution in [-0.2, 0) is 9.84 Å². The average Bonchev–Trinajstić information content (AvgIpc) is 2.45. The second kappa shape index (κ2) is 6.73. The number of halogens is 1. The molecule has 0 saturated carbocycles. The Balaban J connectivity index is 1.83. The van der Waals surface area contributed by atoms with E-state index in [2.05, 4.69) is 15.3 Å². The number of aromatic nitrogens is 2. The minimum Gasteiger partial charge on any atom is -0.492 e. The van der Waals surface area contributed by atoms with Crippen LogP contribution in [0.1, 0.15) is 0 Å². The number of nitrogens with zero attached hydrogens (tertiary/aromatic N) is 2. The molecule has 2 aromatic rings. The third-order valence-electron chi connectivity index (χ3n) is 2.58. The summed E-state index contributed by atoms with van der Waals surface area (Å²) >= 11 is 5.90. The lowest BCUT2D eigenvalue weighted by atomic mass is 10.3. The van der Waals surface area contributed by atoms with Crippen molar-refractivity contribution in [2.75, 3.05) is 24.7 Å². The Morgan fingerprint density at radius 1 is 1.29 bits per heavy atom. The van der Waals surface area contributed by atoms with Gasteiger partial charge >= 0.3 is 0 Å². The zero-order valence-corrected chi connectivity index (χ0v) is 12.9. The van der Waals surface area contributed by atoms with Gasteiger partial charge in [-0.3, -0.25) is 0 Å². The van der Waals surface area contributed by atoms with Crippen molar-refractivity contribution in [3.8, 4) is 5.75 Å². The maximum atomic E-state index is 11.3. The molecule has 0 unspecified atom stereocenters. The van der Waals surface area contributed by atoms with Crippen LogP contribution in [0.15, 0.2) is 41.7 Å². The van der Waals surface area contributed by atoms with Gasteiger partial charge in [0.2, 0.25) is 0 Å². The summed E-state index contributed by atoms with van der Waals surface area (Å²) in [5, 5.41) is 3.45. The van der Waals surface area contributed by atoms with Gasteiger partial charge in [-0.25, -0.2) is 18.4 Å². The molecule has 112 valence electrons. The van der Waals surface area contributed by atoms with Crippen molar-refractivity contribution in [2.24, 2.45) is 0 Å². The van der Waals surface area contributed by atoms with Crippen LogP contribution in [-0.4, -0.2) is 37.8 Å². The van der Waals surface area contributed by atoms with Gasteiger partial charge in [0, 0.05) is 6.26 Å². The molecule has 0 radical (unpaired) electrons. The number of ether oxygens (including phenoxy) is 1. The number of nitrogens with one attached hydrogen (secondary N) is 1. The van der Waals surface area contributed by atoms with Gasteiger partial charge in [-0.15, -0.1) is 0 Å². The molecule has 0 amide bonds. The van der Waals surface area contributed by atoms with E-state index in [0.717, 1.165) is 6.26 Å². The molecule has 1 heterocycles. The van der Waals surface area contributed by atoms with E-state index in [0.29, 0.717) is 29.7 Å². The highest BCUT2D eigenvalue weighted by molar-refractivity contribution is 7.90. The predicted molar refractivity (Wildman–Crippen MR) is 80.6 cm³/mol. The van der Waals surface area contributed by atoms with E-state index in [-0.39, 0.29) is 4.90 Å². The van der Waals surface area contributed by atoms with Crippen LogP contribution >= 0.6 is 11.6 Å². The zero-order chi connectivity index (χ0) is 15.3. The number of sulfone groups is 1. The predicted octanol–water partition coefficient (Wildman–Crippen LogP) is 2.02. The molecule has 0 aliphatic heterocycles. The Bertz CT molecular complexity index is 705. The number of hydrogen-bond donors (Lipinski definition) is 1. The standard InChI is InChI=1S/C13H14ClN3O3S/c1-21(18,19)11-4-2-10(3-5-11)20-7-6-16-13-12(14)8-15-9-17-13/h2-5,8-9H,6-7H2,1H3,(H,15,16,17). The Labute approximate surface area is 128 Å². The summed E-state index contributed by atoms with van der Waals surface area (Å²) < 4.78 is 28.1. The molecule has 1 aromatic heterocycles. The molecule has 0 atom stereocenters. The van der Waals surface area contributed by atoms with Crippen molar-refractivity contribution < 1.29 is 13.2 Å². The quantitative estimate of drug-likeness (QED) is 0.817. The first-order chi connectivity index (χ1) is 9.97. The van der Waals surface area contributed by atoms with E-state index in [4.69, 9.17) is 16.3 Å². The van der Waals surface area contributed by atoms with Crippen LogP contribution in [0.5, 0.6) is 5.75 Å². The van der Waals surface area contributed by atoms with Gasteiger partial charge in [0.1, 0.15) is 29.5 Å². The molecule has 21 heavy (non-hydrogen) atoms. The molecule has 0 bridgehead atoms. The van der Waals surface area contributed by atoms with E-state index >= 15 is 0 Å². The Kier molecular flexibility index (Phi) is 4.98. The molecule has 0 aliphatic carbocycles. The van der Waals surface area contributed by atoms with Gasteiger partial charge in [-0.1, -0.05) is 11.6 Å². The van der Waals surface area contributed by atoms with E-state index in [1.165, 1.54) is 24.7 Å². The molecule has 0 saturated heterocycles. The third kappa shape index (κ3) is 4.57. The summed E-state index contributed by atoms with van der Waals surface area (Å²) in [7, 11) is -3.18. The molecule has 0 spiro atoms. The second-order valence-electron chi connectivity index (χ2n) is 4.24. The van der Waals surface area contributed by atoms with Crippen molar-refractivity contribution in [1.82, 2.24) is 9.97 Å². The first-order valence-electron chi connectivity index (χ1n) is 6.09. The van der Waals surface area contributed by atoms with Crippen LogP contribution < -0.4 is 10.1 Å². The van der Waals surface area contributed by atoms with Gasteiger partial charge in [0.05, 0.1) is 17.6 Å². The average molecular weight is 328 g/mol. The fraction of sp³-hybridized carbons (Fsp3) is 0.231. The summed E-state index contributed by atoms with van der Waals surface area (Å²) in [4.78, 5) is 8.03. The summed E-state index contributed by atoms with van der Waals surface area (Å²) in [6.07, 6.45) is 4.07. The fourth-order valence-corrected chi connectivity index (χ4v) is 2.37. The van der Waals surface area contributed by atoms with Gasteiger partial charge < -0.3 is 10.1 Å². The summed E-state index contributed by atoms with van der Waals surface area (Å²) in [5.41, 5.74) is 0. The fourth-order valence-electron chi connectivity index (χ4n) is 1.56. The zero-order valence-electron chi connectivity index (χ0n) is 11.3. The van der Waals surface area contributed by atoms with Crippen molar-refractivity contribution in [1.29, 1.82) is 0 Å². The SMILES string of the molecule is CS(=O)(=O)c1ccc(OCCNc2ncncc2Cl)cc1. The molecule has 1 aromatic carbocycles. The maximum Gasteiger partial charge on any atom is 0.175 e. The Morgan fingerprint density at radius 2 is 2.00 bits per heavy atom. The maximum absolute atomic E-state index is 11.3. The highest BCUT2D eigenvalue weighted by Crippen LogP contribution is 2.17. The number of rotatable bonds is 6. The second-order valence-corrected chi connectivity index (χ2v) is 6.66. The molecule has 1 N–H and O–H groups in total. The van der Waals surface area contributed by atoms with Crippen molar-refractivity contribution in [3.05, 3.63) is 41.8 Å². The monoisotopic (exact) mass is 327 g/mol. The molecule has 0 fully saturated rings. The van der Waals surface area contributed by atoms with Crippen LogP contribution in [0.25, 0.3) is 0 Å². The number of benzene rings is 1. The van der Waals surface area contributed by atoms with Crippen LogP contribution in [0.3, 0.4) is 0 Å². The highest BCUT2D eigenvalue weighted by atomic mass is 35.5. The van der Waals surface area contributed by atoms with Crippen LogP contribution in [0.2, 0.25) is 5.02 Å². The van der Waals surface area contributed by atoms with E-state index in [1.807, 2.05) is 0 Å². The lowest BCUT2D eigenvalue weighted by Crippen LogP contribution is -2.12. The molecular formula is C13H14ClN3O3S. The minimum atomic E-state index is -3.18. The Hall–Kier alpha value is -1.86. The topological polar surface area (TPSA) is 81.2 Å². The first-order valence-corrected chi connectivity index (χ1v) is 8.36. The third-order valence-corrected chi connectivity index (χ3v) is 3.99. The molecule has 6 nitrogen and oxygen atoms in total. The lowest BCUT2D eigenvalue weighted by molar-refractivity contribution is 0.332. The first kappa shape index (κ1) is 15.5. The van der Waals surface area contributed by atoms with Gasteiger partial charge in [-0.2, -0.15) is 0 Å². The summed E-state index contributed by atoms with van der Waals surface area (Å²) in [6, 6.07) is 6.26. The summed E-state index contributed by atoms with van der Waals surface area (Å²) in [6.45, 7) is 0.892. The van der Waals surface area contributed by atoms with E-state index < -0.39 is 9.84 Å². The minimum absolute atomic E-state index is 0.265. The number of hydrogen-bond acceptors (Lipinski definition) is 6. The van der Waals surface area contributed by atoms with Crippen molar-refractivity contribution >= 4 is 27.3 Å². The normalized spacial score (nSPS) is 11.1. The van der Waals surface area contributed by atoms with Crippen LogP contribution in [0.4, 0.5) is 5.82 Å². The van der Waals surface area contributed by atoms with E-state index in [1.54, 1.807) is 12.1 Å². The summed E-state index contributed by atoms with van der Waals surface area (Å²) in [5.74, 6) is 1.14. The van der Waals surface area contributed by atoms with E-state index in [9.17, 15) is 8.42 Å². The van der Waals surface area contributed by atoms with Crippen LogP contribution in [0, 0.1) is 0 Å². The highest BCUT2D eigenvalue weighted by Gasteiger charge is 2.06. The largest absolute Gasteiger partial charge is 0.492 e. The molecule has 8 heteroatoms. The Morgan fingerprint density at radius 3 is 2.62 bits per heavy atom. The van der Waals surface area contributed by atoms with Gasteiger partial charge in [-0.05, 0) is 24.3 Å². The lowest BCUT2D eigenvalue weighted by Gasteiger charge is -2.09. The number of anilines is 1. The molecule has 0 aliphatic rings. The smallest absolute Gasteiger partial charge is 0.175 e. The van der Waals surface area contributed by atoms with Gasteiger partial charge in [0.15, 0.2) is 9.84 Å².